The molecule has 14 heavy (non-hydrogen) atoms. The molecule has 0 atom stereocenters. The average molecular weight is 217 g/mol. The van der Waals surface area contributed by atoms with Crippen molar-refractivity contribution in [2.24, 2.45) is 0 Å². The Kier molecular flexibility index (Phi) is 2.05. The fourth-order valence-electron chi connectivity index (χ4n) is 1.39. The van der Waals surface area contributed by atoms with Gasteiger partial charge in [-0.25, -0.2) is 17.6 Å². The fourth-order valence-corrected chi connectivity index (χ4v) is 2.00. The van der Waals surface area contributed by atoms with E-state index in [2.05, 4.69) is 4.98 Å². The third-order valence-corrected chi connectivity index (χ3v) is 2.88. The van der Waals surface area contributed by atoms with Crippen molar-refractivity contribution in [1.29, 1.82) is 0 Å². The molecule has 1 aromatic heterocycles. The fraction of sp³-hybridized carbons (Fsp3) is 0. The highest BCUT2D eigenvalue weighted by atomic mass is 27.0. The van der Waals surface area contributed by atoms with E-state index in [0.717, 1.165) is 0 Å². The van der Waals surface area contributed by atoms with Gasteiger partial charge in [-0.3, -0.25) is 0 Å². The second kappa shape index (κ2) is 3.01. The first kappa shape index (κ1) is 9.56. The average Bonchev–Trinajstić information content (AvgIpc) is 2.54. The molecule has 2 rings (SSSR count). The number of fused-ring (bicyclic) bond motifs is 1. The highest BCUT2D eigenvalue weighted by Gasteiger charge is 2.21. The molecular weight excluding hydrogens is 213 g/mol. The maximum Gasteiger partial charge on any atom is 0.262 e. The lowest BCUT2D eigenvalue weighted by molar-refractivity contribution is 0.417. The Balaban J connectivity index is 3.05. The molecule has 72 valence electrons. The highest BCUT2D eigenvalue weighted by Crippen LogP contribution is 2.23. The lowest BCUT2D eigenvalue weighted by Gasteiger charge is -2.00. The van der Waals surface area contributed by atoms with E-state index >= 15 is 0 Å². The summed E-state index contributed by atoms with van der Waals surface area (Å²) in [4.78, 5) is 2.38. The molecule has 0 fully saturated rings. The van der Waals surface area contributed by atoms with Gasteiger partial charge in [-0.15, -0.1) is 0 Å². The van der Waals surface area contributed by atoms with Gasteiger partial charge in [0.1, 0.15) is 0 Å². The molecule has 0 amide bonds. The molecule has 6 heteroatoms. The van der Waals surface area contributed by atoms with E-state index in [-0.39, 0.29) is 10.9 Å². The Morgan fingerprint density at radius 1 is 0.929 bits per heavy atom. The number of halogens is 4. The van der Waals surface area contributed by atoms with Gasteiger partial charge in [0.25, 0.3) is 16.3 Å². The number of H-pyrrole nitrogens is 1. The lowest BCUT2D eigenvalue weighted by Crippen LogP contribution is -2.04. The van der Waals surface area contributed by atoms with Gasteiger partial charge < -0.3 is 4.98 Å². The molecule has 0 unspecified atom stereocenters. The zero-order valence-corrected chi connectivity index (χ0v) is 9.09. The van der Waals surface area contributed by atoms with Crippen LogP contribution in [-0.4, -0.2) is 21.3 Å². The van der Waals surface area contributed by atoms with Crippen LogP contribution in [0.1, 0.15) is 0 Å². The summed E-state index contributed by atoms with van der Waals surface area (Å²) < 4.78 is 52.2. The minimum absolute atomic E-state index is 0.187. The van der Waals surface area contributed by atoms with Gasteiger partial charge in [0.15, 0.2) is 23.3 Å². The number of hydrogen-bond donors (Lipinski definition) is 1. The third-order valence-electron chi connectivity index (χ3n) is 2.09. The Bertz CT molecular complexity index is 520. The molecule has 0 aliphatic heterocycles. The quantitative estimate of drug-likeness (QED) is 0.293. The Hall–Kier alpha value is -0.988. The van der Waals surface area contributed by atoms with Crippen LogP contribution in [-0.2, 0) is 0 Å². The van der Waals surface area contributed by atoms with Gasteiger partial charge in [-0.1, -0.05) is 4.43 Å². The van der Waals surface area contributed by atoms with Crippen LogP contribution in [0.2, 0.25) is 0 Å². The second-order valence-corrected chi connectivity index (χ2v) is 4.05. The van der Waals surface area contributed by atoms with E-state index in [9.17, 15) is 17.6 Å². The van der Waals surface area contributed by atoms with Crippen molar-refractivity contribution in [3.63, 3.8) is 0 Å². The molecule has 0 saturated carbocycles. The number of aromatic amines is 1. The summed E-state index contributed by atoms with van der Waals surface area (Å²) in [6, 6.07) is 0. The molecule has 0 spiro atoms. The third kappa shape index (κ3) is 1.08. The SMILES string of the molecule is Fc1c(F)c(F)c2[c]([AlH2])c[nH]c2c1F. The summed E-state index contributed by atoms with van der Waals surface area (Å²) in [5.41, 5.74) is -0.314. The molecule has 0 saturated heterocycles. The molecule has 1 aromatic carbocycles. The van der Waals surface area contributed by atoms with Crippen molar-refractivity contribution in [2.45, 2.75) is 0 Å². The van der Waals surface area contributed by atoms with Gasteiger partial charge in [-0.2, -0.15) is 0 Å². The number of aromatic nitrogens is 1. The van der Waals surface area contributed by atoms with Crippen molar-refractivity contribution < 1.29 is 17.6 Å². The van der Waals surface area contributed by atoms with Crippen molar-refractivity contribution in [1.82, 2.24) is 4.98 Å². The minimum atomic E-state index is -1.78. The van der Waals surface area contributed by atoms with Crippen LogP contribution in [0.5, 0.6) is 0 Å². The second-order valence-electron chi connectivity index (χ2n) is 2.98. The number of benzene rings is 1. The van der Waals surface area contributed by atoms with Crippen molar-refractivity contribution in [3.05, 3.63) is 29.5 Å². The zero-order valence-electron chi connectivity index (χ0n) is 7.09. The van der Waals surface area contributed by atoms with Crippen LogP contribution in [0, 0.1) is 23.3 Å². The van der Waals surface area contributed by atoms with Crippen LogP contribution >= 0.6 is 0 Å². The van der Waals surface area contributed by atoms with Crippen LogP contribution in [0.4, 0.5) is 17.6 Å². The molecule has 0 bridgehead atoms. The van der Waals surface area contributed by atoms with Crippen molar-refractivity contribution >= 4 is 31.6 Å². The first-order valence-corrected chi connectivity index (χ1v) is 4.83. The Morgan fingerprint density at radius 2 is 1.50 bits per heavy atom. The number of hydrogen-bond acceptors (Lipinski definition) is 0. The van der Waals surface area contributed by atoms with Gasteiger partial charge in [0.05, 0.1) is 5.52 Å². The summed E-state index contributed by atoms with van der Waals surface area (Å²) in [7, 11) is 0. The van der Waals surface area contributed by atoms with Gasteiger partial charge >= 0.3 is 0 Å². The Morgan fingerprint density at radius 3 is 2.14 bits per heavy atom. The molecule has 1 nitrogen and oxygen atoms in total. The predicted octanol–water partition coefficient (Wildman–Crippen LogP) is 0.983. The summed E-state index contributed by atoms with van der Waals surface area (Å²) in [5, 5.41) is -0.187. The normalized spacial score (nSPS) is 11.1. The van der Waals surface area contributed by atoms with Crippen LogP contribution < -0.4 is 4.43 Å². The summed E-state index contributed by atoms with van der Waals surface area (Å²) in [6.07, 6.45) is 1.35. The molecule has 0 aliphatic rings. The van der Waals surface area contributed by atoms with E-state index < -0.39 is 23.3 Å². The smallest absolute Gasteiger partial charge is 0.262 e. The standard InChI is InChI=1S/C8H2F4N.Al.2H/c9-4-3-1-2-13-8(3)7(12)6(11)5(4)10;;;/h2,13H;;;. The summed E-state index contributed by atoms with van der Waals surface area (Å²) in [6.45, 7) is 0. The predicted molar refractivity (Wildman–Crippen MR) is 46.3 cm³/mol. The minimum Gasteiger partial charge on any atom is -0.360 e. The summed E-state index contributed by atoms with van der Waals surface area (Å²) >= 11 is 0.425. The first-order valence-electron chi connectivity index (χ1n) is 3.83. The maximum absolute atomic E-state index is 13.2. The zero-order chi connectivity index (χ0) is 10.5. The topological polar surface area (TPSA) is 15.8 Å². The molecule has 1 heterocycles. The Labute approximate surface area is 84.1 Å². The van der Waals surface area contributed by atoms with Crippen molar-refractivity contribution in [2.75, 3.05) is 0 Å². The van der Waals surface area contributed by atoms with E-state index in [1.165, 1.54) is 6.20 Å². The number of rotatable bonds is 0. The first-order chi connectivity index (χ1) is 6.54. The van der Waals surface area contributed by atoms with Gasteiger partial charge in [0.2, 0.25) is 0 Å². The monoisotopic (exact) mass is 217 g/mol. The maximum atomic E-state index is 13.2. The van der Waals surface area contributed by atoms with E-state index in [4.69, 9.17) is 0 Å². The molecule has 0 aliphatic carbocycles. The van der Waals surface area contributed by atoms with Crippen LogP contribution in [0.3, 0.4) is 0 Å². The van der Waals surface area contributed by atoms with E-state index in [0.29, 0.717) is 20.7 Å². The van der Waals surface area contributed by atoms with E-state index in [1.54, 1.807) is 0 Å². The molecule has 0 radical (unpaired) electrons. The highest BCUT2D eigenvalue weighted by molar-refractivity contribution is 6.38. The lowest BCUT2D eigenvalue weighted by atomic mass is 10.2. The van der Waals surface area contributed by atoms with Gasteiger partial charge in [-0.05, 0) is 6.20 Å². The van der Waals surface area contributed by atoms with Gasteiger partial charge in [0, 0.05) is 5.39 Å². The van der Waals surface area contributed by atoms with E-state index in [1.807, 2.05) is 0 Å². The van der Waals surface area contributed by atoms with Crippen LogP contribution in [0.15, 0.2) is 6.20 Å². The summed E-state index contributed by atoms with van der Waals surface area (Å²) in [5.74, 6) is -6.24. The largest absolute Gasteiger partial charge is 0.360 e. The molecule has 1 N–H and O–H groups in total. The van der Waals surface area contributed by atoms with Crippen molar-refractivity contribution in [3.8, 4) is 0 Å². The molecular formula is C8H4AlF4N. The number of nitrogens with one attached hydrogen (secondary N) is 1. The molecule has 2 aromatic rings. The van der Waals surface area contributed by atoms with Crippen LogP contribution in [0.25, 0.3) is 10.9 Å².